The van der Waals surface area contributed by atoms with Gasteiger partial charge in [-0.2, -0.15) is 0 Å². The minimum atomic E-state index is -0.0614. The molecule has 50 heavy (non-hydrogen) atoms. The maximum absolute atomic E-state index is 5.84. The number of aryl methyl sites for hydroxylation is 4. The number of benzene rings is 4. The molecule has 251 valence electrons. The van der Waals surface area contributed by atoms with Crippen LogP contribution in [0.15, 0.2) is 114 Å². The number of pyridine rings is 3. The summed E-state index contributed by atoms with van der Waals surface area (Å²) in [4.78, 5) is 14.3. The Morgan fingerprint density at radius 3 is 2.26 bits per heavy atom. The van der Waals surface area contributed by atoms with Gasteiger partial charge in [0.2, 0.25) is 0 Å². The van der Waals surface area contributed by atoms with E-state index >= 15 is 0 Å². The third-order valence-corrected chi connectivity index (χ3v) is 9.25. The molecule has 0 aliphatic carbocycles. The second-order valence-corrected chi connectivity index (χ2v) is 13.8. The zero-order chi connectivity index (χ0) is 34.3. The summed E-state index contributed by atoms with van der Waals surface area (Å²) in [7, 11) is 0. The van der Waals surface area contributed by atoms with E-state index in [-0.39, 0.29) is 25.5 Å². The molecular weight excluding hydrogens is 791 g/mol. The number of hydrogen-bond acceptors (Lipinski definition) is 4. The summed E-state index contributed by atoms with van der Waals surface area (Å²) < 4.78 is 5.84. The standard InChI is InChI=1S/C30H23N2O.C15H16N.Ir/c1-30(2,3)26-13-12-24-25(18-22-14-16-33-29(22)28(24)32-26)27-23(9-6-15-31-27)21-11-10-19-7-4-5-8-20(19)17-21;1-10-5-6-14(7-11(10)2)15-8-12(3)13(4)9-16-15;/h4-17H,1-3H3;5,7-9H,1-4H3;/q2*-1;. The minimum Gasteiger partial charge on any atom is -0.506 e. The van der Waals surface area contributed by atoms with Crippen LogP contribution >= 0.6 is 0 Å². The first-order valence-electron chi connectivity index (χ1n) is 16.7. The molecule has 0 fully saturated rings. The van der Waals surface area contributed by atoms with Crippen LogP contribution in [0.25, 0.3) is 66.3 Å². The van der Waals surface area contributed by atoms with Gasteiger partial charge in [0.1, 0.15) is 0 Å². The van der Waals surface area contributed by atoms with Crippen molar-refractivity contribution in [1.82, 2.24) is 15.0 Å². The van der Waals surface area contributed by atoms with Crippen LogP contribution < -0.4 is 0 Å². The van der Waals surface area contributed by atoms with E-state index in [4.69, 9.17) is 14.4 Å². The van der Waals surface area contributed by atoms with Crippen LogP contribution in [-0.2, 0) is 25.5 Å². The van der Waals surface area contributed by atoms with Gasteiger partial charge in [0.05, 0.1) is 5.58 Å². The molecule has 8 rings (SSSR count). The van der Waals surface area contributed by atoms with Gasteiger partial charge in [-0.25, -0.2) is 0 Å². The second-order valence-electron chi connectivity index (χ2n) is 13.8. The van der Waals surface area contributed by atoms with Crippen LogP contribution in [0.2, 0.25) is 0 Å². The molecule has 0 saturated carbocycles. The smallest absolute Gasteiger partial charge is 0.0847 e. The fourth-order valence-electron chi connectivity index (χ4n) is 6.02. The van der Waals surface area contributed by atoms with Crippen molar-refractivity contribution in [2.75, 3.05) is 0 Å². The molecular formula is C45H39IrN3O-2. The number of nitrogens with zero attached hydrogens (tertiary/aromatic N) is 3. The molecule has 0 unspecified atom stereocenters. The zero-order valence-electron chi connectivity index (χ0n) is 29.5. The van der Waals surface area contributed by atoms with E-state index < -0.39 is 0 Å². The molecule has 8 aromatic rings. The molecule has 0 saturated heterocycles. The van der Waals surface area contributed by atoms with Gasteiger partial charge in [-0.3, -0.25) is 9.97 Å². The summed E-state index contributed by atoms with van der Waals surface area (Å²) in [5, 5.41) is 4.33. The number of aromatic nitrogens is 3. The molecule has 0 bridgehead atoms. The van der Waals surface area contributed by atoms with Gasteiger partial charge in [0.15, 0.2) is 0 Å². The summed E-state index contributed by atoms with van der Waals surface area (Å²) in [5.41, 5.74) is 13.8. The fraction of sp³-hybridized carbons (Fsp3) is 0.178. The summed E-state index contributed by atoms with van der Waals surface area (Å²) in [6.45, 7) is 14.9. The molecule has 0 spiro atoms. The Bertz CT molecular complexity index is 2440. The second kappa shape index (κ2) is 14.1. The van der Waals surface area contributed by atoms with E-state index in [9.17, 15) is 0 Å². The van der Waals surface area contributed by atoms with E-state index in [2.05, 4.69) is 138 Å². The van der Waals surface area contributed by atoms with Crippen molar-refractivity contribution in [1.29, 1.82) is 0 Å². The van der Waals surface area contributed by atoms with Crippen molar-refractivity contribution in [3.8, 4) is 33.6 Å². The van der Waals surface area contributed by atoms with Crippen molar-refractivity contribution in [3.05, 3.63) is 150 Å². The van der Waals surface area contributed by atoms with Crippen LogP contribution in [0.1, 0.15) is 48.7 Å². The topological polar surface area (TPSA) is 51.8 Å². The first-order valence-corrected chi connectivity index (χ1v) is 16.7. The average Bonchev–Trinajstić information content (AvgIpc) is 3.59. The van der Waals surface area contributed by atoms with Crippen molar-refractivity contribution in [2.24, 2.45) is 0 Å². The number of fused-ring (bicyclic) bond motifs is 4. The third-order valence-electron chi connectivity index (χ3n) is 9.25. The van der Waals surface area contributed by atoms with Gasteiger partial charge in [-0.1, -0.05) is 117 Å². The SMILES string of the molecule is CC(C)(C)c1ccc2c(-c3ncccc3-c3ccc4ccccc4c3)[c-]c3ccoc3c2n1.Cc1c[c-]c(-c2cc(C)c(C)cn2)cc1C.[Ir]. The fourth-order valence-corrected chi connectivity index (χ4v) is 6.02. The largest absolute Gasteiger partial charge is 0.506 e. The molecule has 0 amide bonds. The van der Waals surface area contributed by atoms with Crippen LogP contribution in [0.4, 0.5) is 0 Å². The number of furan rings is 1. The van der Waals surface area contributed by atoms with Gasteiger partial charge >= 0.3 is 0 Å². The van der Waals surface area contributed by atoms with Crippen LogP contribution in [-0.4, -0.2) is 15.0 Å². The minimum absolute atomic E-state index is 0. The Kier molecular flexibility index (Phi) is 9.84. The number of rotatable bonds is 3. The first kappa shape index (κ1) is 34.9. The maximum Gasteiger partial charge on any atom is 0.0847 e. The van der Waals surface area contributed by atoms with E-state index in [1.807, 2.05) is 30.6 Å². The van der Waals surface area contributed by atoms with Gasteiger partial charge < -0.3 is 9.40 Å². The summed E-state index contributed by atoms with van der Waals surface area (Å²) >= 11 is 0. The molecule has 5 heteroatoms. The maximum atomic E-state index is 5.84. The van der Waals surface area contributed by atoms with Crippen LogP contribution in [0.5, 0.6) is 0 Å². The van der Waals surface area contributed by atoms with E-state index in [1.54, 1.807) is 6.26 Å². The van der Waals surface area contributed by atoms with Crippen molar-refractivity contribution in [2.45, 2.75) is 53.9 Å². The van der Waals surface area contributed by atoms with Crippen molar-refractivity contribution < 1.29 is 24.5 Å². The zero-order valence-corrected chi connectivity index (χ0v) is 31.9. The molecule has 4 aromatic heterocycles. The summed E-state index contributed by atoms with van der Waals surface area (Å²) in [6.07, 6.45) is 5.47. The van der Waals surface area contributed by atoms with E-state index in [0.29, 0.717) is 0 Å². The summed E-state index contributed by atoms with van der Waals surface area (Å²) in [5.74, 6) is 0. The molecule has 0 aliphatic heterocycles. The molecule has 0 aliphatic rings. The quantitative estimate of drug-likeness (QED) is 0.166. The monoisotopic (exact) mass is 830 g/mol. The Morgan fingerprint density at radius 1 is 0.720 bits per heavy atom. The average molecular weight is 830 g/mol. The van der Waals surface area contributed by atoms with Gasteiger partial charge in [0, 0.05) is 61.1 Å². The first-order chi connectivity index (χ1) is 23.6. The van der Waals surface area contributed by atoms with Crippen LogP contribution in [0.3, 0.4) is 0 Å². The molecule has 4 nitrogen and oxygen atoms in total. The van der Waals surface area contributed by atoms with Crippen molar-refractivity contribution in [3.63, 3.8) is 0 Å². The van der Waals surface area contributed by atoms with Gasteiger partial charge in [-0.15, -0.1) is 41.0 Å². The Balaban J connectivity index is 0.000000215. The molecule has 1 radical (unpaired) electrons. The molecule has 0 atom stereocenters. The molecule has 4 heterocycles. The predicted octanol–water partition coefficient (Wildman–Crippen LogP) is 11.7. The number of hydrogen-bond donors (Lipinski definition) is 0. The summed E-state index contributed by atoms with van der Waals surface area (Å²) in [6, 6.07) is 38.4. The van der Waals surface area contributed by atoms with Gasteiger partial charge in [0.25, 0.3) is 0 Å². The van der Waals surface area contributed by atoms with E-state index in [0.717, 1.165) is 61.2 Å². The molecule has 4 aromatic carbocycles. The van der Waals surface area contributed by atoms with E-state index in [1.165, 1.54) is 33.0 Å². The Hall–Kier alpha value is -4.96. The predicted molar refractivity (Wildman–Crippen MR) is 203 cm³/mol. The Morgan fingerprint density at radius 2 is 1.50 bits per heavy atom. The third kappa shape index (κ3) is 6.89. The Labute approximate surface area is 308 Å². The normalized spacial score (nSPS) is 11.3. The van der Waals surface area contributed by atoms with Crippen molar-refractivity contribution >= 4 is 32.6 Å². The molecule has 0 N–H and O–H groups in total. The van der Waals surface area contributed by atoms with Crippen LogP contribution in [0, 0.1) is 39.8 Å². The van der Waals surface area contributed by atoms with Gasteiger partial charge in [-0.05, 0) is 65.2 Å².